The van der Waals surface area contributed by atoms with Crippen molar-refractivity contribution in [1.29, 1.82) is 0 Å². The summed E-state index contributed by atoms with van der Waals surface area (Å²) < 4.78 is 0. The van der Waals surface area contributed by atoms with Gasteiger partial charge in [0.15, 0.2) is 0 Å². The fourth-order valence-electron chi connectivity index (χ4n) is 8.07. The zero-order chi connectivity index (χ0) is 17.3. The van der Waals surface area contributed by atoms with E-state index in [0.29, 0.717) is 22.7 Å². The van der Waals surface area contributed by atoms with Crippen LogP contribution in [0.25, 0.3) is 0 Å². The molecule has 9 atom stereocenters. The van der Waals surface area contributed by atoms with Gasteiger partial charge >= 0.3 is 0 Å². The molecule has 0 aromatic carbocycles. The van der Waals surface area contributed by atoms with Gasteiger partial charge in [-0.05, 0) is 92.3 Å². The average molecular weight is 333 g/mol. The van der Waals surface area contributed by atoms with E-state index in [4.69, 9.17) is 0 Å². The first kappa shape index (κ1) is 17.1. The number of hydrogen-bond acceptors (Lipinski definition) is 2. The van der Waals surface area contributed by atoms with Crippen molar-refractivity contribution in [2.75, 3.05) is 0 Å². The van der Waals surface area contributed by atoms with E-state index in [2.05, 4.69) is 26.8 Å². The van der Waals surface area contributed by atoms with Crippen molar-refractivity contribution in [1.82, 2.24) is 0 Å². The minimum absolute atomic E-state index is 0.110. The summed E-state index contributed by atoms with van der Waals surface area (Å²) in [5.41, 5.74) is 2.21. The Kier molecular flexibility index (Phi) is 3.97. The molecular formula is C22H36O2. The molecule has 2 N–H and O–H groups in total. The Morgan fingerprint density at radius 1 is 1.17 bits per heavy atom. The van der Waals surface area contributed by atoms with E-state index in [1.165, 1.54) is 32.1 Å². The van der Waals surface area contributed by atoms with Crippen LogP contribution in [0.4, 0.5) is 0 Å². The highest BCUT2D eigenvalue weighted by Crippen LogP contribution is 2.67. The van der Waals surface area contributed by atoms with Crippen LogP contribution in [0.5, 0.6) is 0 Å². The number of hydrogen-bond donors (Lipinski definition) is 2. The highest BCUT2D eigenvalue weighted by Gasteiger charge is 2.60. The SMILES string of the molecule is CC(O)[C@H]1[C@H](C)C[C@H]2[C@@H]3CC=C4C[C@@H](O)CC[C@]4(C)[C@H]3CC[C@@]21C. The van der Waals surface area contributed by atoms with Crippen LogP contribution >= 0.6 is 0 Å². The van der Waals surface area contributed by atoms with Gasteiger partial charge in [-0.25, -0.2) is 0 Å². The summed E-state index contributed by atoms with van der Waals surface area (Å²) in [5.74, 6) is 3.47. The van der Waals surface area contributed by atoms with Crippen LogP contribution in [-0.2, 0) is 0 Å². The molecule has 3 fully saturated rings. The van der Waals surface area contributed by atoms with E-state index in [9.17, 15) is 10.2 Å². The molecule has 0 amide bonds. The molecule has 0 spiro atoms. The van der Waals surface area contributed by atoms with E-state index in [1.807, 2.05) is 6.92 Å². The molecule has 136 valence electrons. The second-order valence-corrected chi connectivity index (χ2v) is 10.2. The van der Waals surface area contributed by atoms with Crippen molar-refractivity contribution in [3.63, 3.8) is 0 Å². The first-order valence-electron chi connectivity index (χ1n) is 10.3. The lowest BCUT2D eigenvalue weighted by Crippen LogP contribution is -2.51. The molecule has 4 aliphatic rings. The number of rotatable bonds is 1. The average Bonchev–Trinajstić information content (AvgIpc) is 2.78. The number of fused-ring (bicyclic) bond motifs is 5. The molecule has 2 nitrogen and oxygen atoms in total. The maximum absolute atomic E-state index is 10.5. The number of allylic oxidation sites excluding steroid dienone is 1. The third kappa shape index (κ3) is 2.21. The largest absolute Gasteiger partial charge is 0.393 e. The van der Waals surface area contributed by atoms with Gasteiger partial charge in [0.25, 0.3) is 0 Å². The van der Waals surface area contributed by atoms with Crippen molar-refractivity contribution < 1.29 is 10.2 Å². The van der Waals surface area contributed by atoms with Gasteiger partial charge in [0.05, 0.1) is 12.2 Å². The maximum Gasteiger partial charge on any atom is 0.0577 e. The van der Waals surface area contributed by atoms with Gasteiger partial charge in [-0.15, -0.1) is 0 Å². The second kappa shape index (κ2) is 5.58. The van der Waals surface area contributed by atoms with Crippen LogP contribution in [0.2, 0.25) is 0 Å². The molecule has 1 unspecified atom stereocenters. The zero-order valence-electron chi connectivity index (χ0n) is 16.0. The minimum atomic E-state index is -0.179. The van der Waals surface area contributed by atoms with E-state index in [0.717, 1.165) is 30.6 Å². The molecule has 4 rings (SSSR count). The number of aliphatic hydroxyl groups excluding tert-OH is 2. The van der Waals surface area contributed by atoms with Crippen molar-refractivity contribution >= 4 is 0 Å². The molecule has 3 saturated carbocycles. The maximum atomic E-state index is 10.5. The lowest BCUT2D eigenvalue weighted by atomic mass is 9.47. The van der Waals surface area contributed by atoms with Crippen molar-refractivity contribution in [2.45, 2.75) is 84.8 Å². The van der Waals surface area contributed by atoms with Gasteiger partial charge in [0, 0.05) is 0 Å². The van der Waals surface area contributed by atoms with Crippen LogP contribution in [0, 0.1) is 40.4 Å². The first-order chi connectivity index (χ1) is 11.3. The van der Waals surface area contributed by atoms with E-state index >= 15 is 0 Å². The molecular weight excluding hydrogens is 296 g/mol. The van der Waals surface area contributed by atoms with E-state index < -0.39 is 0 Å². The molecule has 0 radical (unpaired) electrons. The van der Waals surface area contributed by atoms with Crippen molar-refractivity contribution in [2.24, 2.45) is 40.4 Å². The third-order valence-corrected chi connectivity index (χ3v) is 9.04. The second-order valence-electron chi connectivity index (χ2n) is 10.2. The summed E-state index contributed by atoms with van der Waals surface area (Å²) in [6.45, 7) is 9.37. The van der Waals surface area contributed by atoms with E-state index in [-0.39, 0.29) is 12.2 Å². The molecule has 0 aliphatic heterocycles. The Balaban J connectivity index is 1.67. The van der Waals surface area contributed by atoms with Gasteiger partial charge in [-0.1, -0.05) is 32.4 Å². The monoisotopic (exact) mass is 332 g/mol. The summed E-state index contributed by atoms with van der Waals surface area (Å²) in [5, 5.41) is 20.6. The molecule has 24 heavy (non-hydrogen) atoms. The highest BCUT2D eigenvalue weighted by atomic mass is 16.3. The normalized spacial score (nSPS) is 55.2. The van der Waals surface area contributed by atoms with Gasteiger partial charge < -0.3 is 10.2 Å². The Hall–Kier alpha value is -0.340. The van der Waals surface area contributed by atoms with Crippen LogP contribution in [0.1, 0.15) is 72.6 Å². The zero-order valence-corrected chi connectivity index (χ0v) is 16.0. The quantitative estimate of drug-likeness (QED) is 0.691. The predicted octanol–water partition coefficient (Wildman–Crippen LogP) is 4.55. The molecule has 0 aromatic heterocycles. The van der Waals surface area contributed by atoms with Gasteiger partial charge in [-0.3, -0.25) is 0 Å². The van der Waals surface area contributed by atoms with Crippen molar-refractivity contribution in [3.05, 3.63) is 11.6 Å². The molecule has 0 heterocycles. The van der Waals surface area contributed by atoms with Crippen LogP contribution in [0.15, 0.2) is 11.6 Å². The highest BCUT2D eigenvalue weighted by molar-refractivity contribution is 5.25. The van der Waals surface area contributed by atoms with Crippen LogP contribution in [0.3, 0.4) is 0 Å². The molecule has 0 saturated heterocycles. The lowest BCUT2D eigenvalue weighted by molar-refractivity contribution is -0.0701. The van der Waals surface area contributed by atoms with Gasteiger partial charge in [0.2, 0.25) is 0 Å². The smallest absolute Gasteiger partial charge is 0.0577 e. The van der Waals surface area contributed by atoms with Gasteiger partial charge in [-0.2, -0.15) is 0 Å². The lowest BCUT2D eigenvalue weighted by Gasteiger charge is -2.58. The van der Waals surface area contributed by atoms with E-state index in [1.54, 1.807) is 5.57 Å². The fraction of sp³-hybridized carbons (Fsp3) is 0.909. The summed E-state index contributed by atoms with van der Waals surface area (Å²) in [7, 11) is 0. The fourth-order valence-corrected chi connectivity index (χ4v) is 8.07. The Bertz CT molecular complexity index is 538. The third-order valence-electron chi connectivity index (χ3n) is 9.04. The minimum Gasteiger partial charge on any atom is -0.393 e. The predicted molar refractivity (Wildman–Crippen MR) is 97.4 cm³/mol. The molecule has 0 aromatic rings. The first-order valence-corrected chi connectivity index (χ1v) is 10.3. The summed E-state index contributed by atoms with van der Waals surface area (Å²) in [6.07, 6.45) is 10.4. The summed E-state index contributed by atoms with van der Waals surface area (Å²) in [4.78, 5) is 0. The summed E-state index contributed by atoms with van der Waals surface area (Å²) >= 11 is 0. The summed E-state index contributed by atoms with van der Waals surface area (Å²) in [6, 6.07) is 0. The van der Waals surface area contributed by atoms with Crippen LogP contribution < -0.4 is 0 Å². The van der Waals surface area contributed by atoms with Gasteiger partial charge in [0.1, 0.15) is 0 Å². The topological polar surface area (TPSA) is 40.5 Å². The molecule has 0 bridgehead atoms. The Morgan fingerprint density at radius 3 is 2.62 bits per heavy atom. The Labute approximate surface area is 147 Å². The molecule has 4 aliphatic carbocycles. The standard InChI is InChI=1S/C22H36O2/c1-13-11-19-17-6-5-15-12-16(24)7-9-21(15,3)18(17)8-10-22(19,4)20(13)14(2)23/h5,13-14,16-20,23-24H,6-12H2,1-4H3/t13-,14?,16+,17-,18+,19+,20-,21+,22+/m1/s1. The Morgan fingerprint density at radius 2 is 1.92 bits per heavy atom. The van der Waals surface area contributed by atoms with Crippen LogP contribution in [-0.4, -0.2) is 22.4 Å². The molecule has 2 heteroatoms. The van der Waals surface area contributed by atoms with Crippen molar-refractivity contribution in [3.8, 4) is 0 Å². The number of aliphatic hydroxyl groups is 2.